The smallest absolute Gasteiger partial charge is 0.0780 e. The van der Waals surface area contributed by atoms with E-state index in [9.17, 15) is 0 Å². The van der Waals surface area contributed by atoms with Crippen LogP contribution in [0.4, 0.5) is 0 Å². The number of aliphatic imine (C=N–C) groups is 1. The van der Waals surface area contributed by atoms with Crippen molar-refractivity contribution in [3.05, 3.63) is 65.4 Å². The van der Waals surface area contributed by atoms with Gasteiger partial charge in [-0.25, -0.2) is 0 Å². The van der Waals surface area contributed by atoms with E-state index >= 15 is 0 Å². The molecule has 0 amide bonds. The topological polar surface area (TPSA) is 50.4 Å². The molecule has 0 aliphatic carbocycles. The Bertz CT molecular complexity index is 573. The normalized spacial score (nSPS) is 11.7. The lowest BCUT2D eigenvalue weighted by Gasteiger charge is -2.06. The van der Waals surface area contributed by atoms with E-state index in [-0.39, 0.29) is 0 Å². The summed E-state index contributed by atoms with van der Waals surface area (Å²) in [6.07, 6.45) is 5.90. The minimum absolute atomic E-state index is 0.360. The summed E-state index contributed by atoms with van der Waals surface area (Å²) in [6.45, 7) is 10.9. The summed E-state index contributed by atoms with van der Waals surface area (Å²) in [5.41, 5.74) is 9.27. The van der Waals surface area contributed by atoms with Crippen molar-refractivity contribution >= 4 is 23.4 Å². The van der Waals surface area contributed by atoms with Crippen molar-refractivity contribution in [1.29, 1.82) is 0 Å². The zero-order valence-corrected chi connectivity index (χ0v) is 13.9. The van der Waals surface area contributed by atoms with Gasteiger partial charge in [0.25, 0.3) is 0 Å². The van der Waals surface area contributed by atoms with E-state index < -0.39 is 0 Å². The van der Waals surface area contributed by atoms with Crippen molar-refractivity contribution in [2.45, 2.75) is 19.8 Å². The summed E-state index contributed by atoms with van der Waals surface area (Å²) in [7, 11) is 0. The molecule has 1 aromatic carbocycles. The van der Waals surface area contributed by atoms with Gasteiger partial charge >= 0.3 is 0 Å². The highest BCUT2D eigenvalue weighted by molar-refractivity contribution is 6.31. The minimum atomic E-state index is 0.360. The first kappa shape index (κ1) is 18.2. The zero-order chi connectivity index (χ0) is 16.4. The number of hydrogen-bond donors (Lipinski definition) is 2. The zero-order valence-electron chi connectivity index (χ0n) is 13.1. The molecule has 0 atom stereocenters. The molecule has 118 valence electrons. The predicted octanol–water partition coefficient (Wildman–Crippen LogP) is 4.17. The lowest BCUT2D eigenvalue weighted by Crippen LogP contribution is -2.22. The number of hydrogen-bond acceptors (Lipinski definition) is 3. The second kappa shape index (κ2) is 9.98. The van der Waals surface area contributed by atoms with E-state index in [2.05, 4.69) is 36.5 Å². The van der Waals surface area contributed by atoms with Crippen molar-refractivity contribution in [1.82, 2.24) is 5.32 Å². The number of halogens is 1. The summed E-state index contributed by atoms with van der Waals surface area (Å²) >= 11 is 6.08. The Balaban J connectivity index is 2.94. The highest BCUT2D eigenvalue weighted by atomic mass is 35.5. The molecule has 0 unspecified atom stereocenters. The van der Waals surface area contributed by atoms with Crippen molar-refractivity contribution in [3.8, 4) is 0 Å². The van der Waals surface area contributed by atoms with E-state index in [0.717, 1.165) is 35.2 Å². The Labute approximate surface area is 138 Å². The summed E-state index contributed by atoms with van der Waals surface area (Å²) in [4.78, 5) is 4.41. The van der Waals surface area contributed by atoms with Gasteiger partial charge in [0.15, 0.2) is 0 Å². The lowest BCUT2D eigenvalue weighted by atomic mass is 10.0. The maximum absolute atomic E-state index is 6.08. The Morgan fingerprint density at radius 2 is 2.18 bits per heavy atom. The maximum atomic E-state index is 6.08. The maximum Gasteiger partial charge on any atom is 0.0780 e. The van der Waals surface area contributed by atoms with Crippen LogP contribution in [-0.2, 0) is 0 Å². The van der Waals surface area contributed by atoms with Crippen LogP contribution in [0.5, 0.6) is 0 Å². The van der Waals surface area contributed by atoms with Gasteiger partial charge in [-0.15, -0.1) is 0 Å². The van der Waals surface area contributed by atoms with Gasteiger partial charge in [-0.05, 0) is 29.7 Å². The molecule has 1 rings (SSSR count). The van der Waals surface area contributed by atoms with Crippen LogP contribution in [0.2, 0.25) is 5.02 Å². The van der Waals surface area contributed by atoms with E-state index in [1.807, 2.05) is 30.5 Å². The van der Waals surface area contributed by atoms with Gasteiger partial charge < -0.3 is 11.1 Å². The highest BCUT2D eigenvalue weighted by Crippen LogP contribution is 2.20. The number of nitrogens with two attached hydrogens (primary N) is 1. The lowest BCUT2D eigenvalue weighted by molar-refractivity contribution is 0.806. The van der Waals surface area contributed by atoms with Crippen LogP contribution < -0.4 is 11.1 Å². The molecule has 3 N–H and O–H groups in total. The van der Waals surface area contributed by atoms with Gasteiger partial charge in [-0.3, -0.25) is 4.99 Å². The summed E-state index contributed by atoms with van der Waals surface area (Å²) in [5.74, 6) is 0. The van der Waals surface area contributed by atoms with Crippen LogP contribution in [0.1, 0.15) is 25.3 Å². The van der Waals surface area contributed by atoms with Crippen LogP contribution in [0.15, 0.2) is 59.8 Å². The van der Waals surface area contributed by atoms with Gasteiger partial charge in [0, 0.05) is 16.9 Å². The number of allylic oxidation sites excluding steroid dienone is 3. The molecule has 3 nitrogen and oxygen atoms in total. The van der Waals surface area contributed by atoms with Gasteiger partial charge in [0.1, 0.15) is 0 Å². The number of nitrogens with zero attached hydrogens (tertiary/aromatic N) is 1. The Kier molecular flexibility index (Phi) is 8.26. The van der Waals surface area contributed by atoms with E-state index in [1.165, 1.54) is 0 Å². The van der Waals surface area contributed by atoms with E-state index in [0.29, 0.717) is 18.2 Å². The first-order valence-electron chi connectivity index (χ1n) is 7.33. The second-order valence-corrected chi connectivity index (χ2v) is 5.41. The molecule has 0 saturated carbocycles. The van der Waals surface area contributed by atoms with E-state index in [4.69, 9.17) is 17.3 Å². The molecule has 0 bridgehead atoms. The Hall–Kier alpha value is -1.84. The van der Waals surface area contributed by atoms with Crippen molar-refractivity contribution in [3.63, 3.8) is 0 Å². The molecular weight excluding hydrogens is 294 g/mol. The monoisotopic (exact) mass is 317 g/mol. The second-order valence-electron chi connectivity index (χ2n) is 4.97. The average molecular weight is 318 g/mol. The van der Waals surface area contributed by atoms with Crippen molar-refractivity contribution in [2.24, 2.45) is 10.7 Å². The van der Waals surface area contributed by atoms with Crippen molar-refractivity contribution < 1.29 is 0 Å². The Morgan fingerprint density at radius 1 is 1.41 bits per heavy atom. The first-order valence-corrected chi connectivity index (χ1v) is 7.71. The van der Waals surface area contributed by atoms with Crippen LogP contribution in [0.25, 0.3) is 5.57 Å². The third kappa shape index (κ3) is 6.74. The number of rotatable bonds is 9. The summed E-state index contributed by atoms with van der Waals surface area (Å²) in [5, 5.41) is 3.64. The SMILES string of the molecule is C=C(/C=C(\C=NCC(=C)NCN)c1cccc(Cl)c1)CCC. The van der Waals surface area contributed by atoms with Crippen LogP contribution >= 0.6 is 11.6 Å². The standard InChI is InChI=1S/C18H24ClN3/c1-4-6-14(2)9-17(12-21-11-15(3)22-13-20)16-7-5-8-18(19)10-16/h5,7-10,12,22H,2-4,6,11,13,20H2,1H3/b17-9+,21-12?. The van der Waals surface area contributed by atoms with Gasteiger partial charge in [-0.2, -0.15) is 0 Å². The highest BCUT2D eigenvalue weighted by Gasteiger charge is 2.01. The fraction of sp³-hybridized carbons (Fsp3) is 0.278. The molecule has 22 heavy (non-hydrogen) atoms. The van der Waals surface area contributed by atoms with Gasteiger partial charge in [0.2, 0.25) is 0 Å². The molecular formula is C18H24ClN3. The molecule has 0 radical (unpaired) electrons. The largest absolute Gasteiger partial charge is 0.375 e. The Morgan fingerprint density at radius 3 is 2.82 bits per heavy atom. The molecule has 0 fully saturated rings. The van der Waals surface area contributed by atoms with Crippen LogP contribution in [0.3, 0.4) is 0 Å². The average Bonchev–Trinajstić information content (AvgIpc) is 2.47. The van der Waals surface area contributed by atoms with Gasteiger partial charge in [-0.1, -0.05) is 61.9 Å². The van der Waals surface area contributed by atoms with Crippen LogP contribution in [0, 0.1) is 0 Å². The summed E-state index contributed by atoms with van der Waals surface area (Å²) in [6, 6.07) is 7.71. The van der Waals surface area contributed by atoms with E-state index in [1.54, 1.807) is 0 Å². The molecule has 0 aliphatic heterocycles. The number of benzene rings is 1. The quantitative estimate of drug-likeness (QED) is 0.408. The summed E-state index contributed by atoms with van der Waals surface area (Å²) < 4.78 is 0. The first-order chi connectivity index (χ1) is 10.6. The van der Waals surface area contributed by atoms with Crippen molar-refractivity contribution in [2.75, 3.05) is 13.2 Å². The minimum Gasteiger partial charge on any atom is -0.375 e. The molecule has 0 aromatic heterocycles. The predicted molar refractivity (Wildman–Crippen MR) is 98.2 cm³/mol. The third-order valence-corrected chi connectivity index (χ3v) is 3.19. The fourth-order valence-electron chi connectivity index (χ4n) is 1.93. The molecule has 1 aromatic rings. The fourth-order valence-corrected chi connectivity index (χ4v) is 2.12. The molecule has 4 heteroatoms. The molecule has 0 aliphatic rings. The molecule has 0 spiro atoms. The third-order valence-electron chi connectivity index (χ3n) is 2.95. The van der Waals surface area contributed by atoms with Gasteiger partial charge in [0.05, 0.1) is 13.2 Å². The molecule has 0 saturated heterocycles. The molecule has 0 heterocycles. The number of nitrogens with one attached hydrogen (secondary N) is 1. The van der Waals surface area contributed by atoms with Crippen LogP contribution in [-0.4, -0.2) is 19.4 Å².